The van der Waals surface area contributed by atoms with E-state index < -0.39 is 0 Å². The third-order valence-electron chi connectivity index (χ3n) is 3.76. The van der Waals surface area contributed by atoms with Crippen molar-refractivity contribution in [3.63, 3.8) is 0 Å². The van der Waals surface area contributed by atoms with Crippen LogP contribution in [0.4, 0.5) is 0 Å². The van der Waals surface area contributed by atoms with E-state index in [4.69, 9.17) is 5.73 Å². The van der Waals surface area contributed by atoms with Crippen molar-refractivity contribution in [2.45, 2.75) is 19.4 Å². The van der Waals surface area contributed by atoms with Gasteiger partial charge in [-0.2, -0.15) is 0 Å². The highest BCUT2D eigenvalue weighted by Gasteiger charge is 2.24. The van der Waals surface area contributed by atoms with Crippen molar-refractivity contribution in [1.82, 2.24) is 14.8 Å². The van der Waals surface area contributed by atoms with Crippen LogP contribution in [0.2, 0.25) is 0 Å². The van der Waals surface area contributed by atoms with Crippen LogP contribution in [0.1, 0.15) is 24.9 Å². The molecular formula is C14H22N4O. The van der Waals surface area contributed by atoms with E-state index in [9.17, 15) is 4.79 Å². The van der Waals surface area contributed by atoms with Gasteiger partial charge in [0.1, 0.15) is 0 Å². The highest BCUT2D eigenvalue weighted by molar-refractivity contribution is 5.76. The normalized spacial score (nSPS) is 18.3. The lowest BCUT2D eigenvalue weighted by molar-refractivity contribution is -0.133. The first kappa shape index (κ1) is 14.0. The standard InChI is InChI=1S/C14H22N4O/c1-12(13-3-6-16-7-4-13)17-8-10-18(11-9-17)14(19)2-5-15/h3-4,6-7,12H,2,5,8-11,15H2,1H3. The predicted octanol–water partition coefficient (Wildman–Crippen LogP) is 0.636. The average molecular weight is 262 g/mol. The van der Waals surface area contributed by atoms with E-state index in [1.807, 2.05) is 17.3 Å². The number of carbonyl (C=O) groups excluding carboxylic acids is 1. The fourth-order valence-electron chi connectivity index (χ4n) is 2.49. The number of rotatable bonds is 4. The van der Waals surface area contributed by atoms with Crippen LogP contribution in [0.25, 0.3) is 0 Å². The minimum atomic E-state index is 0.179. The Balaban J connectivity index is 1.88. The topological polar surface area (TPSA) is 62.5 Å². The quantitative estimate of drug-likeness (QED) is 0.865. The molecule has 0 spiro atoms. The van der Waals surface area contributed by atoms with Gasteiger partial charge in [-0.1, -0.05) is 0 Å². The summed E-state index contributed by atoms with van der Waals surface area (Å²) in [6, 6.07) is 4.47. The molecule has 0 aliphatic carbocycles. The molecule has 5 heteroatoms. The lowest BCUT2D eigenvalue weighted by atomic mass is 10.1. The van der Waals surface area contributed by atoms with Crippen LogP contribution in [-0.2, 0) is 4.79 Å². The third-order valence-corrected chi connectivity index (χ3v) is 3.76. The first-order chi connectivity index (χ1) is 9.22. The zero-order chi connectivity index (χ0) is 13.7. The Labute approximate surface area is 114 Å². The van der Waals surface area contributed by atoms with Crippen molar-refractivity contribution in [2.24, 2.45) is 5.73 Å². The second-order valence-corrected chi connectivity index (χ2v) is 4.91. The summed E-state index contributed by atoms with van der Waals surface area (Å²) in [5, 5.41) is 0. The maximum Gasteiger partial charge on any atom is 0.223 e. The summed E-state index contributed by atoms with van der Waals surface area (Å²) in [5.41, 5.74) is 6.70. The Hall–Kier alpha value is -1.46. The van der Waals surface area contributed by atoms with Crippen LogP contribution in [0.3, 0.4) is 0 Å². The Bertz CT molecular complexity index is 401. The molecule has 1 aromatic heterocycles. The molecule has 1 fully saturated rings. The molecule has 2 rings (SSSR count). The summed E-state index contributed by atoms with van der Waals surface area (Å²) in [6.45, 7) is 6.07. The maximum atomic E-state index is 11.8. The van der Waals surface area contributed by atoms with Crippen LogP contribution in [0.5, 0.6) is 0 Å². The average Bonchev–Trinajstić information content (AvgIpc) is 2.48. The summed E-state index contributed by atoms with van der Waals surface area (Å²) in [5.74, 6) is 0.179. The van der Waals surface area contributed by atoms with Gasteiger partial charge in [0.2, 0.25) is 5.91 Å². The van der Waals surface area contributed by atoms with Gasteiger partial charge in [0, 0.05) is 57.6 Å². The number of amides is 1. The van der Waals surface area contributed by atoms with E-state index in [1.165, 1.54) is 5.56 Å². The fourth-order valence-corrected chi connectivity index (χ4v) is 2.49. The monoisotopic (exact) mass is 262 g/mol. The van der Waals surface area contributed by atoms with Gasteiger partial charge in [-0.15, -0.1) is 0 Å². The van der Waals surface area contributed by atoms with Crippen LogP contribution in [0.15, 0.2) is 24.5 Å². The van der Waals surface area contributed by atoms with Crippen molar-refractivity contribution in [2.75, 3.05) is 32.7 Å². The first-order valence-electron chi connectivity index (χ1n) is 6.84. The molecule has 1 aliphatic heterocycles. The number of piperazine rings is 1. The van der Waals surface area contributed by atoms with Crippen LogP contribution in [-0.4, -0.2) is 53.4 Å². The van der Waals surface area contributed by atoms with E-state index in [2.05, 4.69) is 28.9 Å². The van der Waals surface area contributed by atoms with E-state index in [0.717, 1.165) is 26.2 Å². The Morgan fingerprint density at radius 1 is 1.32 bits per heavy atom. The van der Waals surface area contributed by atoms with E-state index in [1.54, 1.807) is 0 Å². The number of hydrogen-bond donors (Lipinski definition) is 1. The molecular weight excluding hydrogens is 240 g/mol. The van der Waals surface area contributed by atoms with Crippen molar-refractivity contribution in [1.29, 1.82) is 0 Å². The van der Waals surface area contributed by atoms with Crippen molar-refractivity contribution in [3.8, 4) is 0 Å². The molecule has 0 aromatic carbocycles. The van der Waals surface area contributed by atoms with Crippen LogP contribution in [0, 0.1) is 0 Å². The second kappa shape index (κ2) is 6.63. The summed E-state index contributed by atoms with van der Waals surface area (Å²) in [4.78, 5) is 20.1. The van der Waals surface area contributed by atoms with Gasteiger partial charge in [0.05, 0.1) is 0 Å². The molecule has 104 valence electrons. The van der Waals surface area contributed by atoms with Gasteiger partial charge >= 0.3 is 0 Å². The summed E-state index contributed by atoms with van der Waals surface area (Å²) >= 11 is 0. The lowest BCUT2D eigenvalue weighted by Gasteiger charge is -2.38. The van der Waals surface area contributed by atoms with Gasteiger partial charge in [-0.3, -0.25) is 14.7 Å². The molecule has 0 bridgehead atoms. The SMILES string of the molecule is CC(c1ccncc1)N1CCN(C(=O)CCN)CC1. The largest absolute Gasteiger partial charge is 0.340 e. The highest BCUT2D eigenvalue weighted by atomic mass is 16.2. The third kappa shape index (κ3) is 3.52. The molecule has 19 heavy (non-hydrogen) atoms. The second-order valence-electron chi connectivity index (χ2n) is 4.91. The molecule has 1 aliphatic rings. The number of carbonyl (C=O) groups is 1. The molecule has 1 amide bonds. The van der Waals surface area contributed by atoms with Crippen molar-refractivity contribution < 1.29 is 4.79 Å². The maximum absolute atomic E-state index is 11.8. The Kier molecular flexibility index (Phi) is 4.87. The number of nitrogens with zero attached hydrogens (tertiary/aromatic N) is 3. The molecule has 2 N–H and O–H groups in total. The van der Waals surface area contributed by atoms with E-state index in [0.29, 0.717) is 19.0 Å². The first-order valence-corrected chi connectivity index (χ1v) is 6.84. The molecule has 5 nitrogen and oxygen atoms in total. The molecule has 1 aromatic rings. The van der Waals surface area contributed by atoms with Gasteiger partial charge < -0.3 is 10.6 Å². The lowest BCUT2D eigenvalue weighted by Crippen LogP contribution is -2.49. The molecule has 0 radical (unpaired) electrons. The van der Waals surface area contributed by atoms with E-state index >= 15 is 0 Å². The van der Waals surface area contributed by atoms with E-state index in [-0.39, 0.29) is 5.91 Å². The minimum absolute atomic E-state index is 0.179. The van der Waals surface area contributed by atoms with Crippen molar-refractivity contribution >= 4 is 5.91 Å². The highest BCUT2D eigenvalue weighted by Crippen LogP contribution is 2.20. The van der Waals surface area contributed by atoms with Gasteiger partial charge in [0.25, 0.3) is 0 Å². The van der Waals surface area contributed by atoms with Gasteiger partial charge in [0.15, 0.2) is 0 Å². The summed E-state index contributed by atoms with van der Waals surface area (Å²) in [7, 11) is 0. The van der Waals surface area contributed by atoms with Crippen molar-refractivity contribution in [3.05, 3.63) is 30.1 Å². The number of aromatic nitrogens is 1. The Morgan fingerprint density at radius 3 is 2.53 bits per heavy atom. The Morgan fingerprint density at radius 2 is 1.95 bits per heavy atom. The zero-order valence-corrected chi connectivity index (χ0v) is 11.5. The molecule has 0 saturated carbocycles. The fraction of sp³-hybridized carbons (Fsp3) is 0.571. The molecule has 1 saturated heterocycles. The van der Waals surface area contributed by atoms with Gasteiger partial charge in [-0.05, 0) is 24.6 Å². The number of pyridine rings is 1. The number of hydrogen-bond acceptors (Lipinski definition) is 4. The number of nitrogens with two attached hydrogens (primary N) is 1. The molecule has 1 unspecified atom stereocenters. The smallest absolute Gasteiger partial charge is 0.223 e. The van der Waals surface area contributed by atoms with Crippen LogP contribution < -0.4 is 5.73 Å². The predicted molar refractivity (Wildman–Crippen MR) is 74.5 cm³/mol. The van der Waals surface area contributed by atoms with Gasteiger partial charge in [-0.25, -0.2) is 0 Å². The summed E-state index contributed by atoms with van der Waals surface area (Å²) in [6.07, 6.45) is 4.11. The zero-order valence-electron chi connectivity index (χ0n) is 11.5. The molecule has 2 heterocycles. The summed E-state index contributed by atoms with van der Waals surface area (Å²) < 4.78 is 0. The van der Waals surface area contributed by atoms with Crippen LogP contribution >= 0.6 is 0 Å². The molecule has 1 atom stereocenters. The minimum Gasteiger partial charge on any atom is -0.340 e.